The van der Waals surface area contributed by atoms with Crippen LogP contribution in [0.3, 0.4) is 0 Å². The normalized spacial score (nSPS) is 10.7. The van der Waals surface area contributed by atoms with Crippen LogP contribution in [0.2, 0.25) is 0 Å². The van der Waals surface area contributed by atoms with Gasteiger partial charge in [0.15, 0.2) is 0 Å². The van der Waals surface area contributed by atoms with E-state index in [4.69, 9.17) is 0 Å². The van der Waals surface area contributed by atoms with E-state index < -0.39 is 0 Å². The number of carbonyl (C=O) groups is 1. The van der Waals surface area contributed by atoms with Gasteiger partial charge in [0.25, 0.3) is 5.91 Å². The largest absolute Gasteiger partial charge is 0.375 e. The molecule has 0 saturated heterocycles. The summed E-state index contributed by atoms with van der Waals surface area (Å²) in [6.07, 6.45) is 1.07. The minimum atomic E-state index is -0.170. The van der Waals surface area contributed by atoms with Gasteiger partial charge < -0.3 is 15.2 Å². The first-order valence-corrected chi connectivity index (χ1v) is 8.79. The number of H-pyrrole nitrogens is 1. The Morgan fingerprint density at radius 3 is 2.58 bits per heavy atom. The van der Waals surface area contributed by atoms with E-state index in [1.807, 2.05) is 55.6 Å². The topological polar surface area (TPSA) is 65.2 Å². The first kappa shape index (κ1) is 17.7. The molecule has 0 saturated carbocycles. The number of nitrogens with one attached hydrogen (secondary N) is 2. The second kappa shape index (κ2) is 7.87. The van der Waals surface area contributed by atoms with Crippen LogP contribution in [-0.2, 0) is 6.54 Å². The number of pyridine rings is 1. The molecule has 0 bridgehead atoms. The van der Waals surface area contributed by atoms with Crippen molar-refractivity contribution in [2.75, 3.05) is 18.5 Å². The zero-order chi connectivity index (χ0) is 18.5. The van der Waals surface area contributed by atoms with Crippen LogP contribution in [0, 0.1) is 0 Å². The van der Waals surface area contributed by atoms with Gasteiger partial charge in [0.05, 0.1) is 0 Å². The molecule has 5 nitrogen and oxygen atoms in total. The molecule has 0 atom stereocenters. The van der Waals surface area contributed by atoms with Crippen molar-refractivity contribution < 1.29 is 4.79 Å². The molecular weight excluding hydrogens is 326 g/mol. The zero-order valence-electron chi connectivity index (χ0n) is 15.1. The average Bonchev–Trinajstić information content (AvgIpc) is 2.66. The maximum atomic E-state index is 12.4. The highest BCUT2D eigenvalue weighted by Gasteiger charge is 2.09. The van der Waals surface area contributed by atoms with Crippen molar-refractivity contribution in [1.82, 2.24) is 10.3 Å². The van der Waals surface area contributed by atoms with Crippen molar-refractivity contribution in [2.45, 2.75) is 19.9 Å². The highest BCUT2D eigenvalue weighted by Crippen LogP contribution is 2.16. The lowest BCUT2D eigenvalue weighted by Crippen LogP contribution is -2.24. The fourth-order valence-corrected chi connectivity index (χ4v) is 3.03. The molecule has 1 heterocycles. The van der Waals surface area contributed by atoms with Crippen LogP contribution in [0.15, 0.2) is 59.4 Å². The Labute approximate surface area is 152 Å². The van der Waals surface area contributed by atoms with Crippen molar-refractivity contribution in [1.29, 1.82) is 0 Å². The van der Waals surface area contributed by atoms with Crippen LogP contribution in [0.1, 0.15) is 29.3 Å². The van der Waals surface area contributed by atoms with Crippen LogP contribution >= 0.6 is 0 Å². The first-order valence-electron chi connectivity index (χ1n) is 8.79. The number of hydrogen-bond donors (Lipinski definition) is 2. The maximum absolute atomic E-state index is 12.4. The Balaban J connectivity index is 1.72. The molecule has 0 aliphatic rings. The number of para-hydroxylation sites is 1. The minimum Gasteiger partial charge on any atom is -0.375 e. The summed E-state index contributed by atoms with van der Waals surface area (Å²) in [5.41, 5.74) is 3.10. The third-order valence-corrected chi connectivity index (χ3v) is 4.40. The minimum absolute atomic E-state index is 0.154. The van der Waals surface area contributed by atoms with Crippen molar-refractivity contribution in [3.8, 4) is 0 Å². The van der Waals surface area contributed by atoms with E-state index in [1.54, 1.807) is 0 Å². The van der Waals surface area contributed by atoms with E-state index in [-0.39, 0.29) is 11.5 Å². The fraction of sp³-hybridized carbons (Fsp3) is 0.238. The SMILES string of the molecule is CCCN(C)c1ccc(C(=O)NCc2cc(=O)[nH]c3ccccc23)cc1. The molecule has 3 aromatic rings. The van der Waals surface area contributed by atoms with Gasteiger partial charge in [0, 0.05) is 48.4 Å². The predicted molar refractivity (Wildman–Crippen MR) is 106 cm³/mol. The van der Waals surface area contributed by atoms with Crippen molar-refractivity contribution >= 4 is 22.5 Å². The number of rotatable bonds is 6. The summed E-state index contributed by atoms with van der Waals surface area (Å²) in [5.74, 6) is -0.154. The third-order valence-electron chi connectivity index (χ3n) is 4.40. The molecule has 3 rings (SSSR count). The second-order valence-electron chi connectivity index (χ2n) is 6.36. The fourth-order valence-electron chi connectivity index (χ4n) is 3.03. The second-order valence-corrected chi connectivity index (χ2v) is 6.36. The van der Waals surface area contributed by atoms with Crippen LogP contribution in [0.25, 0.3) is 10.9 Å². The van der Waals surface area contributed by atoms with E-state index in [0.29, 0.717) is 12.1 Å². The van der Waals surface area contributed by atoms with Gasteiger partial charge >= 0.3 is 0 Å². The Morgan fingerprint density at radius 2 is 1.85 bits per heavy atom. The van der Waals surface area contributed by atoms with Crippen LogP contribution < -0.4 is 15.8 Å². The number of aromatic nitrogens is 1. The van der Waals surface area contributed by atoms with Crippen LogP contribution in [0.4, 0.5) is 5.69 Å². The van der Waals surface area contributed by atoms with E-state index in [2.05, 4.69) is 22.1 Å². The monoisotopic (exact) mass is 349 g/mol. The average molecular weight is 349 g/mol. The molecular formula is C21H23N3O2. The lowest BCUT2D eigenvalue weighted by atomic mass is 10.1. The number of anilines is 1. The molecule has 5 heteroatoms. The Bertz CT molecular complexity index is 961. The number of fused-ring (bicyclic) bond motifs is 1. The van der Waals surface area contributed by atoms with Crippen molar-refractivity contribution in [3.05, 3.63) is 76.1 Å². The Morgan fingerprint density at radius 1 is 1.12 bits per heavy atom. The van der Waals surface area contributed by atoms with E-state index >= 15 is 0 Å². The zero-order valence-corrected chi connectivity index (χ0v) is 15.1. The third kappa shape index (κ3) is 3.94. The van der Waals surface area contributed by atoms with E-state index in [9.17, 15) is 9.59 Å². The number of aromatic amines is 1. The predicted octanol–water partition coefficient (Wildman–Crippen LogP) is 3.30. The molecule has 0 fully saturated rings. The molecule has 2 aromatic carbocycles. The van der Waals surface area contributed by atoms with Crippen molar-refractivity contribution in [2.24, 2.45) is 0 Å². The smallest absolute Gasteiger partial charge is 0.251 e. The first-order chi connectivity index (χ1) is 12.6. The van der Waals surface area contributed by atoms with Gasteiger partial charge in [-0.2, -0.15) is 0 Å². The highest BCUT2D eigenvalue weighted by molar-refractivity contribution is 5.94. The molecule has 1 amide bonds. The standard InChI is InChI=1S/C21H23N3O2/c1-3-12-24(2)17-10-8-15(9-11-17)21(26)22-14-16-13-20(25)23-19-7-5-4-6-18(16)19/h4-11,13H,3,12,14H2,1-2H3,(H,22,26)(H,23,25). The molecule has 134 valence electrons. The van der Waals surface area contributed by atoms with Gasteiger partial charge in [0.2, 0.25) is 5.56 Å². The summed E-state index contributed by atoms with van der Waals surface area (Å²) < 4.78 is 0. The summed E-state index contributed by atoms with van der Waals surface area (Å²) in [6, 6.07) is 16.7. The number of hydrogen-bond acceptors (Lipinski definition) is 3. The molecule has 2 N–H and O–H groups in total. The summed E-state index contributed by atoms with van der Waals surface area (Å²) in [6.45, 7) is 3.42. The van der Waals surface area contributed by atoms with E-state index in [0.717, 1.165) is 35.1 Å². The number of carbonyl (C=O) groups excluding carboxylic acids is 1. The molecule has 0 radical (unpaired) electrons. The van der Waals surface area contributed by atoms with Crippen LogP contribution in [-0.4, -0.2) is 24.5 Å². The molecule has 26 heavy (non-hydrogen) atoms. The maximum Gasteiger partial charge on any atom is 0.251 e. The van der Waals surface area contributed by atoms with Gasteiger partial charge in [-0.05, 0) is 42.3 Å². The van der Waals surface area contributed by atoms with Gasteiger partial charge in [-0.25, -0.2) is 0 Å². The summed E-state index contributed by atoms with van der Waals surface area (Å²) >= 11 is 0. The van der Waals surface area contributed by atoms with Crippen molar-refractivity contribution in [3.63, 3.8) is 0 Å². The molecule has 0 aliphatic carbocycles. The molecule has 1 aromatic heterocycles. The van der Waals surface area contributed by atoms with Gasteiger partial charge in [-0.15, -0.1) is 0 Å². The number of nitrogens with zero attached hydrogens (tertiary/aromatic N) is 1. The molecule has 0 aliphatic heterocycles. The lowest BCUT2D eigenvalue weighted by Gasteiger charge is -2.18. The van der Waals surface area contributed by atoms with Crippen LogP contribution in [0.5, 0.6) is 0 Å². The summed E-state index contributed by atoms with van der Waals surface area (Å²) in [5, 5.41) is 3.84. The lowest BCUT2D eigenvalue weighted by molar-refractivity contribution is 0.0951. The highest BCUT2D eigenvalue weighted by atomic mass is 16.1. The number of amides is 1. The quantitative estimate of drug-likeness (QED) is 0.718. The Hall–Kier alpha value is -3.08. The number of benzene rings is 2. The summed E-state index contributed by atoms with van der Waals surface area (Å²) in [4.78, 5) is 29.2. The van der Waals surface area contributed by atoms with Gasteiger partial charge in [-0.1, -0.05) is 25.1 Å². The van der Waals surface area contributed by atoms with E-state index in [1.165, 1.54) is 6.07 Å². The van der Waals surface area contributed by atoms with Gasteiger partial charge in [0.1, 0.15) is 0 Å². The van der Waals surface area contributed by atoms with Gasteiger partial charge in [-0.3, -0.25) is 9.59 Å². The Kier molecular flexibility index (Phi) is 5.37. The summed E-state index contributed by atoms with van der Waals surface area (Å²) in [7, 11) is 2.04. The molecule has 0 spiro atoms. The molecule has 0 unspecified atom stereocenters.